The van der Waals surface area contributed by atoms with E-state index in [4.69, 9.17) is 10.8 Å². The van der Waals surface area contributed by atoms with E-state index < -0.39 is 0 Å². The number of nitrogen functional groups attached to an aromatic ring is 1. The quantitative estimate of drug-likeness (QED) is 0.835. The van der Waals surface area contributed by atoms with Gasteiger partial charge in [-0.3, -0.25) is 0 Å². The van der Waals surface area contributed by atoms with Gasteiger partial charge in [-0.2, -0.15) is 4.98 Å². The average molecular weight is 261 g/mol. The summed E-state index contributed by atoms with van der Waals surface area (Å²) in [4.78, 5) is 9.75. The first-order chi connectivity index (χ1) is 6.56. The topological polar surface area (TPSA) is 75.3 Å². The Bertz CT molecular complexity index is 320. The third-order valence-electron chi connectivity index (χ3n) is 2.00. The van der Waals surface area contributed by atoms with E-state index in [1.807, 2.05) is 18.9 Å². The van der Waals surface area contributed by atoms with Crippen LogP contribution in [0.2, 0.25) is 0 Å². The minimum absolute atomic E-state index is 0.0133. The van der Waals surface area contributed by atoms with E-state index in [0.29, 0.717) is 5.82 Å². The number of anilines is 2. The standard InChI is InChI=1S/C8H13BrN4O/c1-5(4-14)13(2)7-6(9)3-11-8(10)12-7/h3,5,14H,4H2,1-2H3,(H2,10,11,12). The van der Waals surface area contributed by atoms with Crippen LogP contribution in [-0.4, -0.2) is 34.8 Å². The van der Waals surface area contributed by atoms with E-state index in [9.17, 15) is 0 Å². The second kappa shape index (κ2) is 4.56. The van der Waals surface area contributed by atoms with Crippen LogP contribution in [0.5, 0.6) is 0 Å². The Kier molecular flexibility index (Phi) is 3.65. The molecule has 1 unspecified atom stereocenters. The molecule has 0 aliphatic carbocycles. The summed E-state index contributed by atoms with van der Waals surface area (Å²) in [5.41, 5.74) is 5.47. The van der Waals surface area contributed by atoms with Gasteiger partial charge in [0.2, 0.25) is 5.95 Å². The Morgan fingerprint density at radius 3 is 2.93 bits per heavy atom. The Balaban J connectivity index is 2.99. The van der Waals surface area contributed by atoms with Gasteiger partial charge in [0.15, 0.2) is 0 Å². The van der Waals surface area contributed by atoms with Crippen molar-refractivity contribution in [1.29, 1.82) is 0 Å². The molecule has 0 aromatic carbocycles. The Morgan fingerprint density at radius 2 is 2.36 bits per heavy atom. The number of nitrogens with two attached hydrogens (primary N) is 1. The van der Waals surface area contributed by atoms with E-state index in [1.165, 1.54) is 0 Å². The van der Waals surface area contributed by atoms with Crippen LogP contribution >= 0.6 is 15.9 Å². The molecule has 5 nitrogen and oxygen atoms in total. The molecule has 0 spiro atoms. The summed E-state index contributed by atoms with van der Waals surface area (Å²) in [7, 11) is 1.84. The zero-order chi connectivity index (χ0) is 10.7. The summed E-state index contributed by atoms with van der Waals surface area (Å²) in [6, 6.07) is -0.0133. The van der Waals surface area contributed by atoms with Crippen LogP contribution in [-0.2, 0) is 0 Å². The molecule has 0 fully saturated rings. The lowest BCUT2D eigenvalue weighted by Crippen LogP contribution is -2.33. The zero-order valence-electron chi connectivity index (χ0n) is 8.11. The first-order valence-electron chi connectivity index (χ1n) is 4.18. The molecule has 6 heteroatoms. The highest BCUT2D eigenvalue weighted by Gasteiger charge is 2.13. The van der Waals surface area contributed by atoms with Crippen LogP contribution in [0.3, 0.4) is 0 Å². The maximum atomic E-state index is 9.00. The summed E-state index contributed by atoms with van der Waals surface area (Å²) in [5, 5.41) is 9.00. The molecule has 0 amide bonds. The normalized spacial score (nSPS) is 12.6. The predicted octanol–water partition coefficient (Wildman–Crippen LogP) is 0.638. The van der Waals surface area contributed by atoms with Crippen LogP contribution < -0.4 is 10.6 Å². The molecule has 0 radical (unpaired) electrons. The number of likely N-dealkylation sites (N-methyl/N-ethyl adjacent to an activating group) is 1. The van der Waals surface area contributed by atoms with Crippen LogP contribution in [0.4, 0.5) is 11.8 Å². The van der Waals surface area contributed by atoms with E-state index in [-0.39, 0.29) is 18.6 Å². The van der Waals surface area contributed by atoms with Crippen LogP contribution in [0, 0.1) is 0 Å². The van der Waals surface area contributed by atoms with Gasteiger partial charge in [-0.1, -0.05) is 0 Å². The van der Waals surface area contributed by atoms with E-state index in [0.717, 1.165) is 4.47 Å². The van der Waals surface area contributed by atoms with Crippen molar-refractivity contribution in [2.45, 2.75) is 13.0 Å². The second-order valence-corrected chi connectivity index (χ2v) is 3.90. The molecule has 1 rings (SSSR count). The molecule has 1 aromatic heterocycles. The SMILES string of the molecule is CC(CO)N(C)c1nc(N)ncc1Br. The second-order valence-electron chi connectivity index (χ2n) is 3.04. The van der Waals surface area contributed by atoms with Crippen molar-refractivity contribution in [2.75, 3.05) is 24.3 Å². The lowest BCUT2D eigenvalue weighted by atomic mass is 10.3. The highest BCUT2D eigenvalue weighted by molar-refractivity contribution is 9.10. The third-order valence-corrected chi connectivity index (χ3v) is 2.56. The zero-order valence-corrected chi connectivity index (χ0v) is 9.69. The predicted molar refractivity (Wildman–Crippen MR) is 59.1 cm³/mol. The molecule has 14 heavy (non-hydrogen) atoms. The molecule has 1 aromatic rings. The van der Waals surface area contributed by atoms with Crippen LogP contribution in [0.25, 0.3) is 0 Å². The number of aliphatic hydroxyl groups is 1. The molecule has 0 saturated heterocycles. The van der Waals surface area contributed by atoms with E-state index in [1.54, 1.807) is 6.20 Å². The van der Waals surface area contributed by atoms with Crippen LogP contribution in [0.15, 0.2) is 10.7 Å². The van der Waals surface area contributed by atoms with Crippen molar-refractivity contribution in [3.63, 3.8) is 0 Å². The molecule has 1 atom stereocenters. The van der Waals surface area contributed by atoms with Crippen molar-refractivity contribution < 1.29 is 5.11 Å². The molecule has 3 N–H and O–H groups in total. The number of aromatic nitrogens is 2. The van der Waals surface area contributed by atoms with E-state index in [2.05, 4.69) is 25.9 Å². The Labute approximate surface area is 91.1 Å². The molecule has 0 aliphatic heterocycles. The van der Waals surface area contributed by atoms with Gasteiger partial charge in [0.1, 0.15) is 5.82 Å². The summed E-state index contributed by atoms with van der Waals surface area (Å²) in [6.45, 7) is 1.96. The van der Waals surface area contributed by atoms with Gasteiger partial charge in [0.25, 0.3) is 0 Å². The Hall–Kier alpha value is -0.880. The first-order valence-corrected chi connectivity index (χ1v) is 4.97. The Morgan fingerprint density at radius 1 is 1.71 bits per heavy atom. The fraction of sp³-hybridized carbons (Fsp3) is 0.500. The van der Waals surface area contributed by atoms with Gasteiger partial charge >= 0.3 is 0 Å². The van der Waals surface area contributed by atoms with Crippen molar-refractivity contribution >= 4 is 27.7 Å². The lowest BCUT2D eigenvalue weighted by Gasteiger charge is -2.24. The van der Waals surface area contributed by atoms with Crippen molar-refractivity contribution in [2.24, 2.45) is 0 Å². The average Bonchev–Trinajstić information content (AvgIpc) is 2.19. The molecule has 0 aliphatic rings. The van der Waals surface area contributed by atoms with Gasteiger partial charge in [-0.05, 0) is 22.9 Å². The summed E-state index contributed by atoms with van der Waals surface area (Å²) < 4.78 is 0.759. The van der Waals surface area contributed by atoms with Crippen LogP contribution in [0.1, 0.15) is 6.92 Å². The van der Waals surface area contributed by atoms with Gasteiger partial charge in [-0.15, -0.1) is 0 Å². The highest BCUT2D eigenvalue weighted by atomic mass is 79.9. The minimum Gasteiger partial charge on any atom is -0.394 e. The summed E-state index contributed by atoms with van der Waals surface area (Å²) in [5.74, 6) is 0.902. The molecular formula is C8H13BrN4O. The van der Waals surface area contributed by atoms with Gasteiger partial charge in [-0.25, -0.2) is 4.98 Å². The number of hydrogen-bond acceptors (Lipinski definition) is 5. The summed E-state index contributed by atoms with van der Waals surface area (Å²) >= 11 is 3.32. The van der Waals surface area contributed by atoms with Gasteiger partial charge in [0, 0.05) is 13.2 Å². The lowest BCUT2D eigenvalue weighted by molar-refractivity contribution is 0.269. The maximum absolute atomic E-state index is 9.00. The van der Waals surface area contributed by atoms with Gasteiger partial charge in [0.05, 0.1) is 17.1 Å². The smallest absolute Gasteiger partial charge is 0.222 e. The minimum atomic E-state index is -0.0133. The largest absolute Gasteiger partial charge is 0.394 e. The summed E-state index contributed by atoms with van der Waals surface area (Å²) in [6.07, 6.45) is 1.60. The molecule has 1 heterocycles. The fourth-order valence-electron chi connectivity index (χ4n) is 0.950. The number of rotatable bonds is 3. The molecule has 0 bridgehead atoms. The van der Waals surface area contributed by atoms with Crippen molar-refractivity contribution in [3.05, 3.63) is 10.7 Å². The monoisotopic (exact) mass is 260 g/mol. The van der Waals surface area contributed by atoms with Gasteiger partial charge < -0.3 is 15.7 Å². The molecular weight excluding hydrogens is 248 g/mol. The van der Waals surface area contributed by atoms with Crippen molar-refractivity contribution in [3.8, 4) is 0 Å². The first kappa shape index (κ1) is 11.2. The number of aliphatic hydroxyl groups excluding tert-OH is 1. The molecule has 0 saturated carbocycles. The number of hydrogen-bond donors (Lipinski definition) is 2. The fourth-order valence-corrected chi connectivity index (χ4v) is 1.42. The number of halogens is 1. The maximum Gasteiger partial charge on any atom is 0.222 e. The molecule has 78 valence electrons. The number of nitrogens with zero attached hydrogens (tertiary/aromatic N) is 3. The van der Waals surface area contributed by atoms with E-state index >= 15 is 0 Å². The third kappa shape index (κ3) is 2.33. The van der Waals surface area contributed by atoms with Crippen molar-refractivity contribution in [1.82, 2.24) is 9.97 Å². The highest BCUT2D eigenvalue weighted by Crippen LogP contribution is 2.23.